The Morgan fingerprint density at radius 1 is 1.38 bits per heavy atom. The van der Waals surface area contributed by atoms with E-state index >= 15 is 0 Å². The van der Waals surface area contributed by atoms with Crippen LogP contribution in [0.1, 0.15) is 38.8 Å². The number of carbonyl (C=O) groups excluding carboxylic acids is 1. The average Bonchev–Trinajstić information content (AvgIpc) is 2.45. The van der Waals surface area contributed by atoms with Gasteiger partial charge in [-0.1, -0.05) is 23.1 Å². The van der Waals surface area contributed by atoms with Crippen LogP contribution in [-0.2, 0) is 9.53 Å². The lowest BCUT2D eigenvalue weighted by atomic mass is 10.0. The molecule has 2 N–H and O–H groups in total. The second-order valence-electron chi connectivity index (χ2n) is 5.73. The Morgan fingerprint density at radius 3 is 2.42 bits per heavy atom. The van der Waals surface area contributed by atoms with Crippen LogP contribution in [0.2, 0.25) is 0 Å². The van der Waals surface area contributed by atoms with Crippen molar-refractivity contribution in [3.05, 3.63) is 29.8 Å². The number of carbonyl (C=O) groups is 2. The molecule has 24 heavy (non-hydrogen) atoms. The number of hydrogen-bond donors (Lipinski definition) is 2. The number of carboxylic acids is 1. The maximum Gasteiger partial charge on any atom is 0.408 e. The molecule has 1 aromatic carbocycles. The molecule has 0 aliphatic rings. The largest absolute Gasteiger partial charge is 0.497 e. The summed E-state index contributed by atoms with van der Waals surface area (Å²) >= 11 is 0. The molecule has 0 aliphatic heterocycles. The van der Waals surface area contributed by atoms with E-state index in [0.29, 0.717) is 11.3 Å². The Labute approximate surface area is 151 Å². The van der Waals surface area contributed by atoms with Gasteiger partial charge < -0.3 is 19.9 Å². The molecule has 1 unspecified atom stereocenters. The zero-order valence-corrected chi connectivity index (χ0v) is 16.0. The van der Waals surface area contributed by atoms with Crippen LogP contribution in [0.15, 0.2) is 24.3 Å². The van der Waals surface area contributed by atoms with Crippen molar-refractivity contribution in [1.29, 1.82) is 0 Å². The third kappa shape index (κ3) is 10.2. The third-order valence-corrected chi connectivity index (χ3v) is 2.57. The summed E-state index contributed by atoms with van der Waals surface area (Å²) in [7, 11) is 7.66. The highest BCUT2D eigenvalue weighted by Crippen LogP contribution is 2.22. The summed E-state index contributed by atoms with van der Waals surface area (Å²) in [5, 5.41) is 11.6. The summed E-state index contributed by atoms with van der Waals surface area (Å²) in [5.74, 6) is -0.423. The van der Waals surface area contributed by atoms with Gasteiger partial charge in [-0.15, -0.1) is 0 Å². The van der Waals surface area contributed by atoms with E-state index in [1.807, 2.05) is 6.26 Å². The molecular weight excluding hydrogens is 354 g/mol. The zero-order chi connectivity index (χ0) is 18.8. The Morgan fingerprint density at radius 2 is 1.96 bits per heavy atom. The molecular formula is C16H24ClNO5S. The van der Waals surface area contributed by atoms with Gasteiger partial charge in [-0.3, -0.25) is 4.79 Å². The monoisotopic (exact) mass is 377 g/mol. The van der Waals surface area contributed by atoms with Crippen LogP contribution in [-0.4, -0.2) is 36.1 Å². The van der Waals surface area contributed by atoms with E-state index < -0.39 is 23.7 Å². The van der Waals surface area contributed by atoms with Crippen molar-refractivity contribution in [3.8, 4) is 5.75 Å². The first-order valence-electron chi connectivity index (χ1n) is 7.13. The highest BCUT2D eigenvalue weighted by Gasteiger charge is 2.22. The third-order valence-electron chi connectivity index (χ3n) is 2.57. The van der Waals surface area contributed by atoms with Gasteiger partial charge in [0.15, 0.2) is 0 Å². The number of hydrogen-bond acceptors (Lipinski definition) is 5. The molecule has 136 valence electrons. The predicted molar refractivity (Wildman–Crippen MR) is 96.7 cm³/mol. The highest BCUT2D eigenvalue weighted by molar-refractivity contribution is 8.20. The van der Waals surface area contributed by atoms with Gasteiger partial charge in [-0.25, -0.2) is 4.79 Å². The van der Waals surface area contributed by atoms with Crippen LogP contribution in [0.5, 0.6) is 5.75 Å². The predicted octanol–water partition coefficient (Wildman–Crippen LogP) is 4.24. The van der Waals surface area contributed by atoms with Crippen molar-refractivity contribution >= 4 is 33.7 Å². The number of rotatable bonds is 5. The molecule has 1 atom stereocenters. The quantitative estimate of drug-likeness (QED) is 0.798. The molecule has 1 rings (SSSR count). The normalized spacial score (nSPS) is 11.6. The van der Waals surface area contributed by atoms with Crippen molar-refractivity contribution in [2.45, 2.75) is 38.8 Å². The molecule has 0 aromatic heterocycles. The maximum absolute atomic E-state index is 11.8. The van der Waals surface area contributed by atoms with E-state index in [1.54, 1.807) is 45.0 Å². The lowest BCUT2D eigenvalue weighted by molar-refractivity contribution is -0.137. The SMILES string of the molecule is COc1cccc(C(CC(=O)O)NC(=O)OC(C)(C)C)c1.CSCl. The molecule has 0 saturated heterocycles. The molecule has 0 fully saturated rings. The smallest absolute Gasteiger partial charge is 0.408 e. The van der Waals surface area contributed by atoms with Crippen molar-refractivity contribution < 1.29 is 24.2 Å². The number of alkyl carbamates (subject to hydrolysis) is 1. The summed E-state index contributed by atoms with van der Waals surface area (Å²) in [6.45, 7) is 5.22. The van der Waals surface area contributed by atoms with Gasteiger partial charge in [0, 0.05) is 0 Å². The molecule has 0 heterocycles. The molecule has 6 nitrogen and oxygen atoms in total. The van der Waals surface area contributed by atoms with Gasteiger partial charge in [-0.2, -0.15) is 0 Å². The van der Waals surface area contributed by atoms with Crippen LogP contribution in [0.4, 0.5) is 4.79 Å². The lowest BCUT2D eigenvalue weighted by Crippen LogP contribution is -2.35. The Bertz CT molecular complexity index is 533. The topological polar surface area (TPSA) is 84.9 Å². The van der Waals surface area contributed by atoms with Crippen LogP contribution >= 0.6 is 21.7 Å². The Kier molecular flexibility index (Phi) is 10.3. The molecule has 1 amide bonds. The number of carboxylic acid groups (broad SMARTS) is 1. The summed E-state index contributed by atoms with van der Waals surface area (Å²) in [6, 6.07) is 6.21. The molecule has 0 spiro atoms. The molecule has 0 saturated carbocycles. The second-order valence-corrected chi connectivity index (χ2v) is 6.96. The highest BCUT2D eigenvalue weighted by atomic mass is 35.7. The number of amides is 1. The number of ether oxygens (including phenoxy) is 2. The molecule has 1 aromatic rings. The number of benzene rings is 1. The fourth-order valence-electron chi connectivity index (χ4n) is 1.73. The van der Waals surface area contributed by atoms with Crippen LogP contribution < -0.4 is 10.1 Å². The first-order chi connectivity index (χ1) is 11.1. The number of methoxy groups -OCH3 is 1. The van der Waals surface area contributed by atoms with Crippen molar-refractivity contribution in [2.75, 3.05) is 13.4 Å². The van der Waals surface area contributed by atoms with Gasteiger partial charge in [0.2, 0.25) is 0 Å². The van der Waals surface area contributed by atoms with Crippen molar-refractivity contribution in [2.24, 2.45) is 0 Å². The van der Waals surface area contributed by atoms with Crippen molar-refractivity contribution in [1.82, 2.24) is 5.32 Å². The van der Waals surface area contributed by atoms with E-state index in [1.165, 1.54) is 18.1 Å². The minimum Gasteiger partial charge on any atom is -0.497 e. The summed E-state index contributed by atoms with van der Waals surface area (Å²) in [5.41, 5.74) is -0.00529. The molecule has 0 radical (unpaired) electrons. The average molecular weight is 378 g/mol. The van der Waals surface area contributed by atoms with E-state index in [-0.39, 0.29) is 6.42 Å². The van der Waals surface area contributed by atoms with E-state index in [2.05, 4.69) is 5.32 Å². The maximum atomic E-state index is 11.8. The Balaban J connectivity index is 0.00000163. The first kappa shape index (κ1) is 22.4. The second kappa shape index (κ2) is 11.0. The minimum atomic E-state index is -1.01. The van der Waals surface area contributed by atoms with E-state index in [4.69, 9.17) is 25.3 Å². The first-order valence-corrected chi connectivity index (χ1v) is 9.18. The lowest BCUT2D eigenvalue weighted by Gasteiger charge is -2.23. The fourth-order valence-corrected chi connectivity index (χ4v) is 1.73. The minimum absolute atomic E-state index is 0.244. The molecule has 8 heteroatoms. The summed E-state index contributed by atoms with van der Waals surface area (Å²) in [6.07, 6.45) is 0.908. The van der Waals surface area contributed by atoms with Gasteiger partial charge in [0.05, 0.1) is 19.6 Å². The molecule has 0 bridgehead atoms. The fraction of sp³-hybridized carbons (Fsp3) is 0.500. The van der Waals surface area contributed by atoms with Gasteiger partial charge in [0.25, 0.3) is 0 Å². The number of aliphatic carboxylic acids is 1. The van der Waals surface area contributed by atoms with E-state index in [0.717, 1.165) is 0 Å². The van der Waals surface area contributed by atoms with E-state index in [9.17, 15) is 9.59 Å². The number of halogens is 1. The zero-order valence-electron chi connectivity index (χ0n) is 14.5. The van der Waals surface area contributed by atoms with Crippen LogP contribution in [0.25, 0.3) is 0 Å². The Hall–Kier alpha value is -1.60. The summed E-state index contributed by atoms with van der Waals surface area (Å²) in [4.78, 5) is 22.8. The van der Waals surface area contributed by atoms with Crippen LogP contribution in [0, 0.1) is 0 Å². The standard InChI is InChI=1S/C15H21NO5.CH3ClS/c1-15(2,3)21-14(19)16-12(9-13(17)18)10-6-5-7-11(8-10)20-4;1-3-2/h5-8,12H,9H2,1-4H3,(H,16,19)(H,17,18);1H3. The van der Waals surface area contributed by atoms with Crippen LogP contribution in [0.3, 0.4) is 0 Å². The van der Waals surface area contributed by atoms with Gasteiger partial charge in [0.1, 0.15) is 11.4 Å². The molecule has 0 aliphatic carbocycles. The van der Waals surface area contributed by atoms with Crippen molar-refractivity contribution in [3.63, 3.8) is 0 Å². The summed E-state index contributed by atoms with van der Waals surface area (Å²) < 4.78 is 10.3. The van der Waals surface area contributed by atoms with Gasteiger partial charge in [-0.05, 0) is 55.4 Å². The van der Waals surface area contributed by atoms with Gasteiger partial charge >= 0.3 is 12.1 Å². The number of nitrogens with one attached hydrogen (secondary N) is 1.